The molecule has 452 valence electrons. The number of hydrogen-bond acceptors (Lipinski definition) is 14. The number of imidazole rings is 1. The fraction of sp³-hybridized carbons (Fsp3) is 0.597. The largest absolute Gasteiger partial charge is 0.456 e. The maximum Gasteiger partial charge on any atom is 0.329 e. The van der Waals surface area contributed by atoms with E-state index in [0.29, 0.717) is 90.2 Å². The molecule has 2 bridgehead atoms. The maximum absolute atomic E-state index is 14.3. The number of piperidine rings is 1. The fourth-order valence-corrected chi connectivity index (χ4v) is 12.8. The third-order valence-corrected chi connectivity index (χ3v) is 17.7. The first-order valence-electron chi connectivity index (χ1n) is 28.4. The Hall–Kier alpha value is -4.01. The minimum Gasteiger partial charge on any atom is -0.456 e. The molecule has 16 nitrogen and oxygen atoms in total. The van der Waals surface area contributed by atoms with E-state index in [1.54, 1.807) is 63.8 Å². The molecule has 2 saturated heterocycles. The van der Waals surface area contributed by atoms with Crippen molar-refractivity contribution in [2.75, 3.05) is 27.9 Å². The molecule has 1 aromatic heterocycles. The summed E-state index contributed by atoms with van der Waals surface area (Å²) in [7, 11) is 4.61. The molecule has 3 aliphatic heterocycles. The Bertz CT molecular complexity index is 2690. The molecule has 15 atom stereocenters. The Morgan fingerprint density at radius 1 is 0.878 bits per heavy atom. The summed E-state index contributed by atoms with van der Waals surface area (Å²) in [5, 5.41) is 36.4. The number of benzene rings is 2. The third kappa shape index (κ3) is 17.6. The molecule has 82 heavy (non-hydrogen) atoms. The molecule has 20 heteroatoms. The van der Waals surface area contributed by atoms with Crippen LogP contribution in [0.15, 0.2) is 91.1 Å². The van der Waals surface area contributed by atoms with Crippen molar-refractivity contribution in [2.45, 2.75) is 179 Å². The van der Waals surface area contributed by atoms with Gasteiger partial charge in [-0.3, -0.25) is 14.4 Å². The standard InChI is InChI=1S/C44H69NO12.C18H14Cl4N2O/c1-10-13-31-19-25(2)18-26(3)20-37(54-8)40-38(55-9)22-28(5)44(52,57-40)41(49)42(50)45-17-12-11-14-32(45)43(51)56-39(29(6)34(47)24-35(31)48)27(4)21-30-15-16-33(46)36(23-30)53-7;19-13-2-1-12(16(21)7-13)10-25-18(9-24-6-5-23-11-24)15-4-3-14(20)8-17(15)22/h10,19,21,26,28-34,36-40,46-47,52H,1,11-18,20,22-24H2,2-9H3;1-8,11,18H,9-10H2/b25-19+,27-21+;/t26-,28+,29+,30-,31+,32-,33+,34-,36+,37-,38-,39+,40+,44+;/m0./s1. The third-order valence-electron chi connectivity index (χ3n) is 16.6. The van der Waals surface area contributed by atoms with Gasteiger partial charge in [0.05, 0.1) is 50.0 Å². The SMILES string of the molecule is C=CC[C@@H]1/C=C(\C)C[C@H](C)C[C@H](OC)[C@H]2O[C@@](O)(C(=O)C(=O)N3CCCC[C@H]3C(=O)O[C@H](/C(C)=C/[C@@H]3CC[C@@H](O)[C@H](OC)C3)[C@H](C)[C@@H](O)CC1=O)[C@H](C)C[C@@H]2OC.Clc1ccc(COC(Cn2ccnc2)c2ccc(Cl)cc2Cl)c(Cl)c1. The van der Waals surface area contributed by atoms with Crippen LogP contribution in [-0.2, 0) is 60.8 Å². The number of cyclic esters (lactones) is 1. The number of hydrogen-bond donors (Lipinski definition) is 3. The lowest BCUT2D eigenvalue weighted by Gasteiger charge is -2.47. The number of ether oxygens (including phenoxy) is 6. The van der Waals surface area contributed by atoms with Gasteiger partial charge < -0.3 is 53.2 Å². The monoisotopic (exact) mass is 1220 g/mol. The van der Waals surface area contributed by atoms with Crippen LogP contribution in [0, 0.1) is 29.6 Å². The summed E-state index contributed by atoms with van der Waals surface area (Å²) in [5.41, 5.74) is 3.31. The molecule has 4 heterocycles. The summed E-state index contributed by atoms with van der Waals surface area (Å²) in [6.07, 6.45) is 9.97. The number of rotatable bonds is 13. The molecular weight excluding hydrogens is 1140 g/mol. The number of fused-ring (bicyclic) bond motifs is 3. The zero-order valence-corrected chi connectivity index (χ0v) is 51.4. The topological polar surface area (TPSA) is 205 Å². The van der Waals surface area contributed by atoms with Crippen molar-refractivity contribution in [3.8, 4) is 0 Å². The van der Waals surface area contributed by atoms with Gasteiger partial charge in [0.1, 0.15) is 30.1 Å². The van der Waals surface area contributed by atoms with E-state index in [4.69, 9.17) is 74.8 Å². The molecule has 3 fully saturated rings. The smallest absolute Gasteiger partial charge is 0.329 e. The zero-order chi connectivity index (χ0) is 60.0. The minimum absolute atomic E-state index is 0.00988. The summed E-state index contributed by atoms with van der Waals surface area (Å²) >= 11 is 24.5. The molecule has 3 N–H and O–H groups in total. The second-order valence-corrected chi connectivity index (χ2v) is 24.4. The average molecular weight is 1220 g/mol. The predicted molar refractivity (Wildman–Crippen MR) is 315 cm³/mol. The van der Waals surface area contributed by atoms with Crippen LogP contribution in [0.1, 0.15) is 122 Å². The molecule has 3 aromatic rings. The van der Waals surface area contributed by atoms with Gasteiger partial charge in [-0.25, -0.2) is 9.78 Å². The highest BCUT2D eigenvalue weighted by Gasteiger charge is 2.56. The van der Waals surface area contributed by atoms with Gasteiger partial charge in [0.15, 0.2) is 0 Å². The number of Topliss-reactive ketones (excluding diaryl/α,β-unsaturated/α-hetero) is 2. The van der Waals surface area contributed by atoms with E-state index >= 15 is 0 Å². The van der Waals surface area contributed by atoms with E-state index in [-0.39, 0.29) is 55.6 Å². The van der Waals surface area contributed by atoms with Gasteiger partial charge in [-0.15, -0.1) is 6.58 Å². The number of aliphatic hydroxyl groups is 3. The van der Waals surface area contributed by atoms with E-state index < -0.39 is 83.9 Å². The lowest BCUT2D eigenvalue weighted by molar-refractivity contribution is -0.302. The molecule has 1 aliphatic carbocycles. The van der Waals surface area contributed by atoms with Crippen molar-refractivity contribution in [3.63, 3.8) is 0 Å². The summed E-state index contributed by atoms with van der Waals surface area (Å²) < 4.78 is 37.8. The van der Waals surface area contributed by atoms with Crippen molar-refractivity contribution < 1.29 is 62.9 Å². The highest BCUT2D eigenvalue weighted by atomic mass is 35.5. The molecule has 1 amide bonds. The van der Waals surface area contributed by atoms with Crippen molar-refractivity contribution in [1.82, 2.24) is 14.5 Å². The molecule has 2 aromatic carbocycles. The summed E-state index contributed by atoms with van der Waals surface area (Å²) in [6, 6.07) is 9.56. The lowest BCUT2D eigenvalue weighted by Crippen LogP contribution is -2.64. The molecule has 7 rings (SSSR count). The van der Waals surface area contributed by atoms with Gasteiger partial charge in [-0.05, 0) is 125 Å². The van der Waals surface area contributed by atoms with E-state index in [2.05, 4.69) is 11.6 Å². The number of carbonyl (C=O) groups excluding carboxylic acids is 4. The Morgan fingerprint density at radius 3 is 2.21 bits per heavy atom. The number of aliphatic hydroxyl groups excluding tert-OH is 2. The number of esters is 1. The Labute approximate surface area is 503 Å². The molecule has 1 saturated carbocycles. The van der Waals surface area contributed by atoms with E-state index in [0.717, 1.165) is 16.7 Å². The number of amides is 1. The molecule has 0 spiro atoms. The number of methoxy groups -OCH3 is 3. The minimum atomic E-state index is -2.51. The second kappa shape index (κ2) is 31.4. The van der Waals surface area contributed by atoms with Crippen LogP contribution < -0.4 is 0 Å². The van der Waals surface area contributed by atoms with Crippen LogP contribution in [-0.4, -0.2) is 136 Å². The van der Waals surface area contributed by atoms with Crippen molar-refractivity contribution in [2.24, 2.45) is 29.6 Å². The molecule has 0 radical (unpaired) electrons. The van der Waals surface area contributed by atoms with E-state index in [9.17, 15) is 34.5 Å². The number of carbonyl (C=O) groups is 4. The van der Waals surface area contributed by atoms with Crippen molar-refractivity contribution in [1.29, 1.82) is 0 Å². The van der Waals surface area contributed by atoms with Gasteiger partial charge in [-0.1, -0.05) is 103 Å². The maximum atomic E-state index is 14.3. The van der Waals surface area contributed by atoms with Crippen molar-refractivity contribution in [3.05, 3.63) is 122 Å². The van der Waals surface area contributed by atoms with Crippen molar-refractivity contribution >= 4 is 69.8 Å². The fourth-order valence-electron chi connectivity index (χ4n) is 11.8. The zero-order valence-electron chi connectivity index (χ0n) is 48.4. The molecular formula is C62H83Cl4N3O13. The van der Waals surface area contributed by atoms with Crippen LogP contribution in [0.3, 0.4) is 0 Å². The van der Waals surface area contributed by atoms with Crippen LogP contribution in [0.4, 0.5) is 0 Å². The quantitative estimate of drug-likeness (QED) is 0.0828. The van der Waals surface area contributed by atoms with Gasteiger partial charge >= 0.3 is 5.97 Å². The highest BCUT2D eigenvalue weighted by molar-refractivity contribution is 6.39. The van der Waals surface area contributed by atoms with Crippen LogP contribution in [0.5, 0.6) is 0 Å². The lowest BCUT2D eigenvalue weighted by atomic mass is 9.81. The Morgan fingerprint density at radius 2 is 1.56 bits per heavy atom. The molecule has 4 aliphatic rings. The van der Waals surface area contributed by atoms with Crippen LogP contribution >= 0.6 is 46.4 Å². The highest BCUT2D eigenvalue weighted by Crippen LogP contribution is 2.40. The number of halogens is 4. The van der Waals surface area contributed by atoms with Gasteiger partial charge in [0, 0.05) is 90.1 Å². The Kier molecular flexibility index (Phi) is 25.7. The average Bonchev–Trinajstić information content (AvgIpc) is 4.03. The van der Waals surface area contributed by atoms with Gasteiger partial charge in [-0.2, -0.15) is 0 Å². The first-order valence-corrected chi connectivity index (χ1v) is 29.9. The number of ketones is 2. The van der Waals surface area contributed by atoms with Crippen LogP contribution in [0.2, 0.25) is 20.1 Å². The van der Waals surface area contributed by atoms with Gasteiger partial charge in [0.2, 0.25) is 5.79 Å². The second-order valence-electron chi connectivity index (χ2n) is 22.7. The van der Waals surface area contributed by atoms with E-state index in [1.165, 1.54) is 19.1 Å². The summed E-state index contributed by atoms with van der Waals surface area (Å²) in [4.78, 5) is 61.9. The van der Waals surface area contributed by atoms with Gasteiger partial charge in [0.25, 0.3) is 11.7 Å². The first kappa shape index (κ1) is 67.1. The number of nitrogens with zero attached hydrogens (tertiary/aromatic N) is 3. The van der Waals surface area contributed by atoms with Crippen LogP contribution in [0.25, 0.3) is 0 Å². The number of allylic oxidation sites excluding steroid dienone is 4. The Balaban J connectivity index is 0.000000357. The normalized spacial score (nSPS) is 32.2. The summed E-state index contributed by atoms with van der Waals surface area (Å²) in [5.74, 6) is -7.76. The van der Waals surface area contributed by atoms with E-state index in [1.807, 2.05) is 55.8 Å². The molecule has 1 unspecified atom stereocenters. The predicted octanol–water partition coefficient (Wildman–Crippen LogP) is 11.1. The number of aromatic nitrogens is 2. The first-order chi connectivity index (χ1) is 39.0. The summed E-state index contributed by atoms with van der Waals surface area (Å²) in [6.45, 7) is 14.0.